The zero-order valence-electron chi connectivity index (χ0n) is 18.6. The van der Waals surface area contributed by atoms with Crippen LogP contribution in [0.2, 0.25) is 0 Å². The van der Waals surface area contributed by atoms with Crippen molar-refractivity contribution < 1.29 is 14.7 Å². The van der Waals surface area contributed by atoms with Gasteiger partial charge in [0.25, 0.3) is 11.7 Å². The largest absolute Gasteiger partial charge is 0.507 e. The molecule has 1 amide bonds. The van der Waals surface area contributed by atoms with Gasteiger partial charge in [0.15, 0.2) is 0 Å². The molecule has 0 spiro atoms. The summed E-state index contributed by atoms with van der Waals surface area (Å²) in [4.78, 5) is 32.3. The molecule has 6 heteroatoms. The Labute approximate surface area is 201 Å². The molecule has 1 unspecified atom stereocenters. The third kappa shape index (κ3) is 4.48. The summed E-state index contributed by atoms with van der Waals surface area (Å²) in [5, 5.41) is 11.2. The van der Waals surface area contributed by atoms with Crippen LogP contribution in [0.4, 0.5) is 5.69 Å². The molecule has 0 aliphatic carbocycles. The lowest BCUT2D eigenvalue weighted by Crippen LogP contribution is -2.29. The normalized spacial score (nSPS) is 17.5. The first-order valence-corrected chi connectivity index (χ1v) is 11.8. The number of anilines is 1. The van der Waals surface area contributed by atoms with Crippen molar-refractivity contribution in [3.63, 3.8) is 0 Å². The monoisotopic (exact) mass is 504 g/mol. The number of amides is 1. The molecule has 0 bridgehead atoms. The summed E-state index contributed by atoms with van der Waals surface area (Å²) in [5.74, 6) is -1.61. The Hall–Kier alpha value is -3.25. The van der Waals surface area contributed by atoms with Gasteiger partial charge >= 0.3 is 0 Å². The lowest BCUT2D eigenvalue weighted by Gasteiger charge is -2.24. The van der Waals surface area contributed by atoms with Crippen molar-refractivity contribution >= 4 is 39.1 Å². The first-order chi connectivity index (χ1) is 15.9. The van der Waals surface area contributed by atoms with E-state index in [9.17, 15) is 14.7 Å². The molecule has 1 aliphatic heterocycles. The summed E-state index contributed by atoms with van der Waals surface area (Å²) in [5.41, 5.74) is 3.71. The zero-order valence-corrected chi connectivity index (χ0v) is 20.2. The second-order valence-corrected chi connectivity index (χ2v) is 9.01. The van der Waals surface area contributed by atoms with Gasteiger partial charge in [-0.05, 0) is 67.3 Å². The van der Waals surface area contributed by atoms with E-state index in [-0.39, 0.29) is 11.3 Å². The van der Waals surface area contributed by atoms with Crippen molar-refractivity contribution in [3.8, 4) is 0 Å². The van der Waals surface area contributed by atoms with Crippen molar-refractivity contribution in [1.29, 1.82) is 0 Å². The third-order valence-electron chi connectivity index (χ3n) is 5.88. The number of nitrogens with zero attached hydrogens (tertiary/aromatic N) is 2. The third-order valence-corrected chi connectivity index (χ3v) is 6.77. The number of carbonyl (C=O) groups excluding carboxylic acids is 2. The maximum atomic E-state index is 13.2. The summed E-state index contributed by atoms with van der Waals surface area (Å²) in [6.45, 7) is 4.05. The van der Waals surface area contributed by atoms with Gasteiger partial charge in [0.1, 0.15) is 11.8 Å². The average molecular weight is 505 g/mol. The number of aromatic nitrogens is 1. The van der Waals surface area contributed by atoms with Crippen molar-refractivity contribution in [2.24, 2.45) is 0 Å². The fourth-order valence-corrected chi connectivity index (χ4v) is 4.31. The second kappa shape index (κ2) is 9.71. The minimum Gasteiger partial charge on any atom is -0.507 e. The Kier molecular flexibility index (Phi) is 6.75. The first-order valence-electron chi connectivity index (χ1n) is 11.0. The molecule has 0 radical (unpaired) electrons. The van der Waals surface area contributed by atoms with Crippen LogP contribution in [-0.2, 0) is 16.0 Å². The Morgan fingerprint density at radius 1 is 1.09 bits per heavy atom. The molecule has 33 heavy (non-hydrogen) atoms. The molecule has 1 atom stereocenters. The number of halogens is 1. The highest BCUT2D eigenvalue weighted by Crippen LogP contribution is 2.41. The molecule has 1 fully saturated rings. The predicted octanol–water partition coefficient (Wildman–Crippen LogP) is 6.12. The van der Waals surface area contributed by atoms with E-state index in [1.54, 1.807) is 36.5 Å². The number of pyridine rings is 1. The van der Waals surface area contributed by atoms with Crippen LogP contribution in [0.25, 0.3) is 5.76 Å². The summed E-state index contributed by atoms with van der Waals surface area (Å²) in [7, 11) is 0. The zero-order chi connectivity index (χ0) is 23.5. The van der Waals surface area contributed by atoms with Crippen LogP contribution in [0, 0.1) is 6.92 Å². The number of aryl methyl sites for hydroxylation is 2. The van der Waals surface area contributed by atoms with E-state index in [0.29, 0.717) is 16.9 Å². The quantitative estimate of drug-likeness (QED) is 0.249. The van der Waals surface area contributed by atoms with Crippen molar-refractivity contribution in [2.75, 3.05) is 4.90 Å². The maximum absolute atomic E-state index is 13.2. The Balaban J connectivity index is 1.84. The van der Waals surface area contributed by atoms with Crippen LogP contribution in [-0.4, -0.2) is 21.8 Å². The van der Waals surface area contributed by atoms with E-state index < -0.39 is 17.7 Å². The molecular weight excluding hydrogens is 480 g/mol. The smallest absolute Gasteiger partial charge is 0.300 e. The standard InChI is InChI=1S/C27H25BrN2O3/c1-3-4-7-18-9-12-20(13-10-18)30-24(22-8-5-6-15-29-22)23(26(32)27(30)33)25(31)19-11-14-21(28)17(2)16-19/h5-6,8-16,24,31H,3-4,7H2,1-2H3/b25-23-. The lowest BCUT2D eigenvalue weighted by atomic mass is 9.97. The highest BCUT2D eigenvalue weighted by molar-refractivity contribution is 9.10. The number of unbranched alkanes of at least 4 members (excludes halogenated alkanes) is 1. The summed E-state index contributed by atoms with van der Waals surface area (Å²) >= 11 is 3.46. The summed E-state index contributed by atoms with van der Waals surface area (Å²) in [6.07, 6.45) is 4.77. The Morgan fingerprint density at radius 3 is 2.48 bits per heavy atom. The van der Waals surface area contributed by atoms with E-state index in [2.05, 4.69) is 27.8 Å². The van der Waals surface area contributed by atoms with Gasteiger partial charge in [-0.3, -0.25) is 19.5 Å². The van der Waals surface area contributed by atoms with E-state index >= 15 is 0 Å². The number of hydrogen-bond acceptors (Lipinski definition) is 4. The van der Waals surface area contributed by atoms with Crippen LogP contribution in [0.5, 0.6) is 0 Å². The maximum Gasteiger partial charge on any atom is 0.300 e. The van der Waals surface area contributed by atoms with Crippen LogP contribution in [0.15, 0.2) is 76.9 Å². The summed E-state index contributed by atoms with van der Waals surface area (Å²) < 4.78 is 0.893. The van der Waals surface area contributed by atoms with Crippen molar-refractivity contribution in [1.82, 2.24) is 4.98 Å². The van der Waals surface area contributed by atoms with E-state index in [4.69, 9.17) is 0 Å². The number of benzene rings is 2. The van der Waals surface area contributed by atoms with Gasteiger partial charge in [-0.1, -0.05) is 53.5 Å². The SMILES string of the molecule is CCCCc1ccc(N2C(=O)C(=O)/C(=C(\O)c3ccc(Br)c(C)c3)C2c2ccccn2)cc1. The topological polar surface area (TPSA) is 70.5 Å². The van der Waals surface area contributed by atoms with E-state index in [1.807, 2.05) is 37.3 Å². The van der Waals surface area contributed by atoms with Crippen LogP contribution >= 0.6 is 15.9 Å². The fourth-order valence-electron chi connectivity index (χ4n) is 4.07. The molecule has 1 N–H and O–H groups in total. The predicted molar refractivity (Wildman–Crippen MR) is 133 cm³/mol. The molecule has 4 rings (SSSR count). The minimum absolute atomic E-state index is 0.0375. The average Bonchev–Trinajstić information content (AvgIpc) is 3.10. The first kappa shape index (κ1) is 22.9. The Morgan fingerprint density at radius 2 is 1.85 bits per heavy atom. The molecule has 3 aromatic rings. The molecule has 2 aromatic carbocycles. The molecule has 1 aliphatic rings. The minimum atomic E-state index is -0.823. The van der Waals surface area contributed by atoms with Gasteiger partial charge in [-0.2, -0.15) is 0 Å². The van der Waals surface area contributed by atoms with Crippen molar-refractivity contribution in [2.45, 2.75) is 39.2 Å². The van der Waals surface area contributed by atoms with E-state index in [0.717, 1.165) is 29.3 Å². The van der Waals surface area contributed by atoms with Crippen LogP contribution in [0.3, 0.4) is 0 Å². The summed E-state index contributed by atoms with van der Waals surface area (Å²) in [6, 6.07) is 17.5. The van der Waals surface area contributed by atoms with Gasteiger partial charge in [-0.15, -0.1) is 0 Å². The fraction of sp³-hybridized carbons (Fsp3) is 0.222. The molecule has 1 aromatic heterocycles. The molecule has 168 valence electrons. The van der Waals surface area contributed by atoms with Crippen LogP contribution < -0.4 is 4.90 Å². The van der Waals surface area contributed by atoms with Crippen molar-refractivity contribution in [3.05, 3.63) is 99.3 Å². The molecule has 5 nitrogen and oxygen atoms in total. The molecular formula is C27H25BrN2O3. The Bertz CT molecular complexity index is 1220. The van der Waals surface area contributed by atoms with Gasteiger partial charge in [0.05, 0.1) is 11.3 Å². The van der Waals surface area contributed by atoms with Gasteiger partial charge in [0.2, 0.25) is 0 Å². The molecule has 2 heterocycles. The number of Topliss-reactive ketones (excluding diaryl/α,β-unsaturated/α-hetero) is 1. The number of ketones is 1. The van der Waals surface area contributed by atoms with Crippen LogP contribution in [0.1, 0.15) is 48.2 Å². The van der Waals surface area contributed by atoms with Gasteiger partial charge in [0, 0.05) is 21.9 Å². The second-order valence-electron chi connectivity index (χ2n) is 8.16. The number of hydrogen-bond donors (Lipinski definition) is 1. The molecule has 1 saturated heterocycles. The highest BCUT2D eigenvalue weighted by atomic mass is 79.9. The number of rotatable bonds is 6. The molecule has 0 saturated carbocycles. The number of aliphatic hydroxyl groups is 1. The van der Waals surface area contributed by atoms with Gasteiger partial charge in [-0.25, -0.2) is 0 Å². The van der Waals surface area contributed by atoms with E-state index in [1.165, 1.54) is 10.5 Å². The van der Waals surface area contributed by atoms with Gasteiger partial charge < -0.3 is 5.11 Å². The lowest BCUT2D eigenvalue weighted by molar-refractivity contribution is -0.132. The number of aliphatic hydroxyl groups excluding tert-OH is 1. The highest BCUT2D eigenvalue weighted by Gasteiger charge is 2.47. The number of carbonyl (C=O) groups is 2.